The van der Waals surface area contributed by atoms with Crippen molar-refractivity contribution >= 4 is 11.9 Å². The van der Waals surface area contributed by atoms with E-state index in [-0.39, 0.29) is 18.2 Å². The Labute approximate surface area is 84.7 Å². The highest BCUT2D eigenvalue weighted by molar-refractivity contribution is 5.80. The maximum Gasteiger partial charge on any atom is 0.305 e. The molecule has 4 heteroatoms. The lowest BCUT2D eigenvalue weighted by Gasteiger charge is -2.25. The van der Waals surface area contributed by atoms with Crippen LogP contribution in [0.5, 0.6) is 0 Å². The quantitative estimate of drug-likeness (QED) is 0.706. The predicted octanol–water partition coefficient (Wildman–Crippen LogP) is 1.40. The van der Waals surface area contributed by atoms with E-state index >= 15 is 0 Å². The standard InChI is InChI=1S/C10H19NO3/c1-5-7(2)9(14)11-10(3,4)6-8(12)13/h7H,5-6H2,1-4H3,(H,11,14)(H,12,13). The second-order valence-corrected chi connectivity index (χ2v) is 4.25. The average molecular weight is 201 g/mol. The molecule has 0 saturated carbocycles. The number of carboxylic acid groups (broad SMARTS) is 1. The van der Waals surface area contributed by atoms with Crippen molar-refractivity contribution in [3.05, 3.63) is 0 Å². The van der Waals surface area contributed by atoms with Gasteiger partial charge in [0.1, 0.15) is 0 Å². The number of rotatable bonds is 5. The summed E-state index contributed by atoms with van der Waals surface area (Å²) in [4.78, 5) is 22.0. The molecule has 0 aliphatic rings. The first-order valence-corrected chi connectivity index (χ1v) is 4.82. The Balaban J connectivity index is 4.21. The summed E-state index contributed by atoms with van der Waals surface area (Å²) < 4.78 is 0. The van der Waals surface area contributed by atoms with Gasteiger partial charge in [-0.25, -0.2) is 0 Å². The third kappa shape index (κ3) is 4.84. The van der Waals surface area contributed by atoms with Gasteiger partial charge >= 0.3 is 5.97 Å². The van der Waals surface area contributed by atoms with Gasteiger partial charge < -0.3 is 10.4 Å². The van der Waals surface area contributed by atoms with Crippen molar-refractivity contribution in [2.24, 2.45) is 5.92 Å². The molecule has 0 aromatic carbocycles. The minimum Gasteiger partial charge on any atom is -0.481 e. The van der Waals surface area contributed by atoms with E-state index in [4.69, 9.17) is 5.11 Å². The fraction of sp³-hybridized carbons (Fsp3) is 0.800. The molecule has 0 aliphatic heterocycles. The molecule has 0 aromatic rings. The van der Waals surface area contributed by atoms with Crippen LogP contribution in [0.1, 0.15) is 40.5 Å². The van der Waals surface area contributed by atoms with Crippen molar-refractivity contribution in [2.75, 3.05) is 0 Å². The molecule has 82 valence electrons. The topological polar surface area (TPSA) is 66.4 Å². The minimum absolute atomic E-state index is 0.0603. The molecule has 0 fully saturated rings. The molecule has 0 saturated heterocycles. The summed E-state index contributed by atoms with van der Waals surface area (Å²) in [6.45, 7) is 7.17. The molecule has 1 amide bonds. The van der Waals surface area contributed by atoms with Gasteiger partial charge in [-0.1, -0.05) is 13.8 Å². The zero-order chi connectivity index (χ0) is 11.4. The van der Waals surface area contributed by atoms with Crippen molar-refractivity contribution in [1.29, 1.82) is 0 Å². The van der Waals surface area contributed by atoms with Crippen molar-refractivity contribution in [3.8, 4) is 0 Å². The van der Waals surface area contributed by atoms with Gasteiger partial charge in [0.05, 0.1) is 6.42 Å². The van der Waals surface area contributed by atoms with Gasteiger partial charge in [0.25, 0.3) is 0 Å². The molecular formula is C10H19NO3. The van der Waals surface area contributed by atoms with Crippen LogP contribution in [-0.2, 0) is 9.59 Å². The van der Waals surface area contributed by atoms with E-state index in [1.165, 1.54) is 0 Å². The molecule has 0 aliphatic carbocycles. The van der Waals surface area contributed by atoms with E-state index in [9.17, 15) is 9.59 Å². The van der Waals surface area contributed by atoms with Gasteiger partial charge in [-0.05, 0) is 20.3 Å². The Morgan fingerprint density at radius 1 is 1.43 bits per heavy atom. The Morgan fingerprint density at radius 2 is 1.93 bits per heavy atom. The monoisotopic (exact) mass is 201 g/mol. The molecular weight excluding hydrogens is 182 g/mol. The van der Waals surface area contributed by atoms with Crippen LogP contribution < -0.4 is 5.32 Å². The first-order valence-electron chi connectivity index (χ1n) is 4.82. The van der Waals surface area contributed by atoms with Crippen molar-refractivity contribution in [2.45, 2.75) is 46.1 Å². The van der Waals surface area contributed by atoms with Crippen LogP contribution in [0.4, 0.5) is 0 Å². The smallest absolute Gasteiger partial charge is 0.305 e. The number of hydrogen-bond acceptors (Lipinski definition) is 2. The second kappa shape index (κ2) is 4.98. The first kappa shape index (κ1) is 12.9. The van der Waals surface area contributed by atoms with Crippen molar-refractivity contribution in [3.63, 3.8) is 0 Å². The predicted molar refractivity (Wildman–Crippen MR) is 53.9 cm³/mol. The zero-order valence-electron chi connectivity index (χ0n) is 9.26. The van der Waals surface area contributed by atoms with E-state index in [1.54, 1.807) is 13.8 Å². The minimum atomic E-state index is -0.903. The Kier molecular flexibility index (Phi) is 4.60. The number of aliphatic carboxylic acids is 1. The number of carboxylic acids is 1. The summed E-state index contributed by atoms with van der Waals surface area (Å²) in [6.07, 6.45) is 0.699. The summed E-state index contributed by atoms with van der Waals surface area (Å²) in [6, 6.07) is 0. The SMILES string of the molecule is CCC(C)C(=O)NC(C)(C)CC(=O)O. The van der Waals surface area contributed by atoms with Crippen LogP contribution >= 0.6 is 0 Å². The number of hydrogen-bond donors (Lipinski definition) is 2. The van der Waals surface area contributed by atoms with Crippen LogP contribution in [0.15, 0.2) is 0 Å². The molecule has 0 spiro atoms. The van der Waals surface area contributed by atoms with E-state index < -0.39 is 11.5 Å². The van der Waals surface area contributed by atoms with E-state index in [1.807, 2.05) is 13.8 Å². The van der Waals surface area contributed by atoms with Gasteiger partial charge in [-0.15, -0.1) is 0 Å². The highest BCUT2D eigenvalue weighted by Crippen LogP contribution is 2.10. The second-order valence-electron chi connectivity index (χ2n) is 4.25. The molecule has 0 heterocycles. The summed E-state index contributed by atoms with van der Waals surface area (Å²) >= 11 is 0. The maximum atomic E-state index is 11.5. The van der Waals surface area contributed by atoms with E-state index in [0.29, 0.717) is 0 Å². The fourth-order valence-corrected chi connectivity index (χ4v) is 1.06. The van der Waals surface area contributed by atoms with Crippen LogP contribution in [0, 0.1) is 5.92 Å². The van der Waals surface area contributed by atoms with E-state index in [0.717, 1.165) is 6.42 Å². The van der Waals surface area contributed by atoms with Gasteiger partial charge in [-0.3, -0.25) is 9.59 Å². The van der Waals surface area contributed by atoms with Gasteiger partial charge in [0.15, 0.2) is 0 Å². The highest BCUT2D eigenvalue weighted by Gasteiger charge is 2.25. The molecule has 0 bridgehead atoms. The van der Waals surface area contributed by atoms with Gasteiger partial charge in [-0.2, -0.15) is 0 Å². The maximum absolute atomic E-state index is 11.5. The lowest BCUT2D eigenvalue weighted by Crippen LogP contribution is -2.46. The van der Waals surface area contributed by atoms with Gasteiger partial charge in [0, 0.05) is 11.5 Å². The summed E-state index contributed by atoms with van der Waals surface area (Å²) in [7, 11) is 0. The zero-order valence-corrected chi connectivity index (χ0v) is 9.26. The van der Waals surface area contributed by atoms with Gasteiger partial charge in [0.2, 0.25) is 5.91 Å². The Bertz CT molecular complexity index is 223. The lowest BCUT2D eigenvalue weighted by molar-refractivity contribution is -0.138. The van der Waals surface area contributed by atoms with Crippen molar-refractivity contribution < 1.29 is 14.7 Å². The number of amides is 1. The summed E-state index contributed by atoms with van der Waals surface area (Å²) in [5, 5.41) is 11.3. The van der Waals surface area contributed by atoms with Crippen LogP contribution in [0.2, 0.25) is 0 Å². The largest absolute Gasteiger partial charge is 0.481 e. The van der Waals surface area contributed by atoms with E-state index in [2.05, 4.69) is 5.32 Å². The molecule has 1 unspecified atom stereocenters. The van der Waals surface area contributed by atoms with Crippen LogP contribution in [0.3, 0.4) is 0 Å². The normalized spacial score (nSPS) is 13.4. The molecule has 0 rings (SSSR count). The number of carbonyl (C=O) groups is 2. The lowest BCUT2D eigenvalue weighted by atomic mass is 9.98. The Morgan fingerprint density at radius 3 is 2.29 bits per heavy atom. The third-order valence-electron chi connectivity index (χ3n) is 2.11. The fourth-order valence-electron chi connectivity index (χ4n) is 1.06. The molecule has 0 radical (unpaired) electrons. The van der Waals surface area contributed by atoms with Crippen LogP contribution in [0.25, 0.3) is 0 Å². The number of carbonyl (C=O) groups excluding carboxylic acids is 1. The molecule has 0 aromatic heterocycles. The average Bonchev–Trinajstić information content (AvgIpc) is 1.99. The molecule has 14 heavy (non-hydrogen) atoms. The van der Waals surface area contributed by atoms with Crippen LogP contribution in [-0.4, -0.2) is 22.5 Å². The molecule has 1 atom stereocenters. The third-order valence-corrected chi connectivity index (χ3v) is 2.11. The highest BCUT2D eigenvalue weighted by atomic mass is 16.4. The Hall–Kier alpha value is -1.06. The summed E-state index contributed by atoms with van der Waals surface area (Å²) in [5.74, 6) is -1.05. The molecule has 4 nitrogen and oxygen atoms in total. The van der Waals surface area contributed by atoms with Crippen molar-refractivity contribution in [1.82, 2.24) is 5.32 Å². The molecule has 2 N–H and O–H groups in total. The summed E-state index contributed by atoms with van der Waals surface area (Å²) in [5.41, 5.74) is -0.674. The number of nitrogens with one attached hydrogen (secondary N) is 1. The first-order chi connectivity index (χ1) is 6.28.